The van der Waals surface area contributed by atoms with E-state index in [-0.39, 0.29) is 23.3 Å². The highest BCUT2D eigenvalue weighted by atomic mass is 16.2. The summed E-state index contributed by atoms with van der Waals surface area (Å²) in [6.45, 7) is 5.03. The molecule has 1 aromatic heterocycles. The van der Waals surface area contributed by atoms with Crippen LogP contribution in [0.15, 0.2) is 84.9 Å². The third-order valence-corrected chi connectivity index (χ3v) is 11.0. The number of nitrogens with one attached hydrogen (secondary N) is 2. The monoisotopic (exact) mass is 672 g/mol. The largest absolute Gasteiger partial charge is 0.347 e. The maximum absolute atomic E-state index is 13.5. The van der Waals surface area contributed by atoms with E-state index in [1.165, 1.54) is 36.1 Å². The van der Waals surface area contributed by atoms with E-state index in [9.17, 15) is 14.4 Å². The van der Waals surface area contributed by atoms with Crippen molar-refractivity contribution in [3.8, 4) is 0 Å². The van der Waals surface area contributed by atoms with E-state index in [4.69, 9.17) is 0 Å². The lowest BCUT2D eigenvalue weighted by atomic mass is 9.71. The summed E-state index contributed by atoms with van der Waals surface area (Å²) in [5.74, 6) is 0.318. The predicted molar refractivity (Wildman–Crippen MR) is 196 cm³/mol. The Morgan fingerprint density at radius 1 is 0.780 bits per heavy atom. The van der Waals surface area contributed by atoms with Crippen LogP contribution in [0.3, 0.4) is 0 Å². The third-order valence-electron chi connectivity index (χ3n) is 11.0. The minimum Gasteiger partial charge on any atom is -0.347 e. The van der Waals surface area contributed by atoms with Crippen LogP contribution in [0.5, 0.6) is 0 Å². The molecule has 0 bridgehead atoms. The third kappa shape index (κ3) is 6.85. The van der Waals surface area contributed by atoms with E-state index < -0.39 is 0 Å². The first kappa shape index (κ1) is 33.8. The molecule has 7 rings (SSSR count). The molecule has 0 radical (unpaired) electrons. The van der Waals surface area contributed by atoms with Crippen LogP contribution < -0.4 is 10.6 Å². The number of nitrogens with zero attached hydrogens (tertiary/aromatic N) is 4. The van der Waals surface area contributed by atoms with Crippen LogP contribution in [0.2, 0.25) is 0 Å². The number of anilines is 1. The van der Waals surface area contributed by atoms with Gasteiger partial charge in [-0.05, 0) is 117 Å². The Labute approximate surface area is 295 Å². The van der Waals surface area contributed by atoms with E-state index in [0.29, 0.717) is 29.3 Å². The molecular weight excluding hydrogens is 624 g/mol. The fraction of sp³-hybridized carbons (Fsp3) is 0.390. The molecule has 1 spiro atoms. The summed E-state index contributed by atoms with van der Waals surface area (Å²) in [4.78, 5) is 45.3. The van der Waals surface area contributed by atoms with Gasteiger partial charge < -0.3 is 25.0 Å². The molecule has 50 heavy (non-hydrogen) atoms. The lowest BCUT2D eigenvalue weighted by Gasteiger charge is -2.53. The number of carbonyl (C=O) groups excluding carboxylic acids is 3. The average molecular weight is 673 g/mol. The molecule has 1 saturated carbocycles. The minimum atomic E-state index is -0.131. The van der Waals surface area contributed by atoms with Crippen molar-refractivity contribution in [1.82, 2.24) is 24.6 Å². The minimum absolute atomic E-state index is 0.00854. The van der Waals surface area contributed by atoms with Crippen molar-refractivity contribution in [2.75, 3.05) is 46.1 Å². The summed E-state index contributed by atoms with van der Waals surface area (Å²) < 4.78 is 2.21. The maximum Gasteiger partial charge on any atom is 0.268 e. The van der Waals surface area contributed by atoms with Crippen molar-refractivity contribution in [2.24, 2.45) is 0 Å². The number of aromatic nitrogens is 1. The van der Waals surface area contributed by atoms with E-state index in [2.05, 4.69) is 62.4 Å². The van der Waals surface area contributed by atoms with Crippen LogP contribution in [0.25, 0.3) is 0 Å². The van der Waals surface area contributed by atoms with Gasteiger partial charge in [-0.1, -0.05) is 36.4 Å². The van der Waals surface area contributed by atoms with Crippen molar-refractivity contribution >= 4 is 23.4 Å². The second-order valence-corrected chi connectivity index (χ2v) is 14.5. The number of hydrogen-bond donors (Lipinski definition) is 2. The van der Waals surface area contributed by atoms with Crippen molar-refractivity contribution < 1.29 is 14.4 Å². The quantitative estimate of drug-likeness (QED) is 0.225. The Morgan fingerprint density at radius 2 is 1.48 bits per heavy atom. The lowest BCUT2D eigenvalue weighted by Crippen LogP contribution is -2.56. The molecule has 0 unspecified atom stereocenters. The van der Waals surface area contributed by atoms with Crippen molar-refractivity contribution in [3.05, 3.63) is 124 Å². The van der Waals surface area contributed by atoms with Gasteiger partial charge in [0, 0.05) is 69.3 Å². The van der Waals surface area contributed by atoms with E-state index in [0.717, 1.165) is 56.8 Å². The lowest BCUT2D eigenvalue weighted by molar-refractivity contribution is -0.0217. The molecule has 9 heteroatoms. The molecule has 3 amide bonds. The van der Waals surface area contributed by atoms with Crippen LogP contribution in [0.1, 0.15) is 91.6 Å². The summed E-state index contributed by atoms with van der Waals surface area (Å²) in [7, 11) is 5.71. The first-order valence-electron chi connectivity index (χ1n) is 17.9. The number of amides is 3. The first-order chi connectivity index (χ1) is 24.2. The highest BCUT2D eigenvalue weighted by Gasteiger charge is 2.48. The first-order valence-corrected chi connectivity index (χ1v) is 17.9. The van der Waals surface area contributed by atoms with Gasteiger partial charge in [-0.2, -0.15) is 0 Å². The summed E-state index contributed by atoms with van der Waals surface area (Å²) >= 11 is 0. The molecule has 1 aliphatic carbocycles. The second kappa shape index (κ2) is 14.2. The van der Waals surface area contributed by atoms with Gasteiger partial charge in [0.15, 0.2) is 0 Å². The van der Waals surface area contributed by atoms with Crippen LogP contribution in [0.4, 0.5) is 5.69 Å². The average Bonchev–Trinajstić information content (AvgIpc) is 3.55. The zero-order chi connectivity index (χ0) is 34.8. The molecule has 1 saturated heterocycles. The second-order valence-electron chi connectivity index (χ2n) is 14.5. The molecule has 2 aliphatic heterocycles. The molecule has 3 heterocycles. The Morgan fingerprint density at radius 3 is 2.14 bits per heavy atom. The number of benzene rings is 3. The Kier molecular flexibility index (Phi) is 9.62. The Hall–Kier alpha value is -4.73. The van der Waals surface area contributed by atoms with Gasteiger partial charge in [0.25, 0.3) is 17.7 Å². The number of likely N-dealkylation sites (N-methyl/N-ethyl adjacent to an activating group) is 1. The molecule has 260 valence electrons. The summed E-state index contributed by atoms with van der Waals surface area (Å²) in [6.07, 6.45) is 5.71. The molecule has 4 aromatic rings. The fourth-order valence-electron chi connectivity index (χ4n) is 7.98. The SMILES string of the molecule is CN1CCC[C@H](c2ccc(C(=O)Nc3ccc(CNC(=O)c4ccc5n4CCN(Cc4ccc(C(=O)N(C)C)cc4)C54CCC4)cc3)cc2)C1. The van der Waals surface area contributed by atoms with Gasteiger partial charge in [-0.15, -0.1) is 0 Å². The van der Waals surface area contributed by atoms with Crippen LogP contribution in [-0.2, 0) is 25.2 Å². The predicted octanol–water partition coefficient (Wildman–Crippen LogP) is 6.08. The Balaban J connectivity index is 0.937. The van der Waals surface area contributed by atoms with Crippen LogP contribution in [-0.4, -0.2) is 77.8 Å². The van der Waals surface area contributed by atoms with Gasteiger partial charge >= 0.3 is 0 Å². The normalized spacial score (nSPS) is 18.6. The van der Waals surface area contributed by atoms with Gasteiger partial charge in [0.05, 0.1) is 5.54 Å². The molecular formula is C41H48N6O3. The molecule has 9 nitrogen and oxygen atoms in total. The van der Waals surface area contributed by atoms with E-state index in [1.807, 2.05) is 54.6 Å². The Bertz CT molecular complexity index is 1840. The number of piperidine rings is 1. The van der Waals surface area contributed by atoms with E-state index in [1.54, 1.807) is 19.0 Å². The van der Waals surface area contributed by atoms with Crippen LogP contribution >= 0.6 is 0 Å². The molecule has 3 aliphatic rings. The highest BCUT2D eigenvalue weighted by molar-refractivity contribution is 6.04. The summed E-state index contributed by atoms with van der Waals surface area (Å²) in [6, 6.07) is 27.7. The summed E-state index contributed by atoms with van der Waals surface area (Å²) in [5, 5.41) is 6.12. The van der Waals surface area contributed by atoms with Gasteiger partial charge in [0.1, 0.15) is 5.69 Å². The number of likely N-dealkylation sites (tertiary alicyclic amines) is 1. The molecule has 3 aromatic carbocycles. The van der Waals surface area contributed by atoms with Gasteiger partial charge in [0.2, 0.25) is 0 Å². The van der Waals surface area contributed by atoms with Gasteiger partial charge in [-0.3, -0.25) is 19.3 Å². The van der Waals surface area contributed by atoms with Crippen molar-refractivity contribution in [3.63, 3.8) is 0 Å². The maximum atomic E-state index is 13.5. The number of fused-ring (bicyclic) bond motifs is 2. The van der Waals surface area contributed by atoms with Gasteiger partial charge in [-0.25, -0.2) is 0 Å². The zero-order valence-corrected chi connectivity index (χ0v) is 29.5. The van der Waals surface area contributed by atoms with Crippen molar-refractivity contribution in [1.29, 1.82) is 0 Å². The number of hydrogen-bond acceptors (Lipinski definition) is 5. The molecule has 2 fully saturated rings. The standard InChI is InChI=1S/C41H48N6O3/c1-44(2)40(50)33-11-7-30(8-12-33)27-46-24-25-47-36(19-20-37(47)41(46)21-5-22-41)39(49)42-26-29-9-17-35(18-10-29)43-38(48)32-15-13-31(14-16-32)34-6-4-23-45(3)28-34/h7-20,34H,4-6,21-28H2,1-3H3,(H,42,49)(H,43,48)/t34-/m0/s1. The van der Waals surface area contributed by atoms with Crippen molar-refractivity contribution in [2.45, 2.75) is 63.2 Å². The van der Waals surface area contributed by atoms with Crippen LogP contribution in [0, 0.1) is 0 Å². The molecule has 2 N–H and O–H groups in total. The topological polar surface area (TPSA) is 89.9 Å². The molecule has 1 atom stereocenters. The summed E-state index contributed by atoms with van der Waals surface area (Å²) in [5.41, 5.74) is 7.35. The smallest absolute Gasteiger partial charge is 0.268 e. The van der Waals surface area contributed by atoms with E-state index >= 15 is 0 Å². The number of rotatable bonds is 9. The number of carbonyl (C=O) groups is 3. The fourth-order valence-corrected chi connectivity index (χ4v) is 7.98. The zero-order valence-electron chi connectivity index (χ0n) is 29.5. The highest BCUT2D eigenvalue weighted by Crippen LogP contribution is 2.49.